The Balaban J connectivity index is 1.26. The standard InChI is InChI=1S/C26H30ClN5O4S2/c1-18(31-11-2-3-19-15-20(27)4-9-24(19)31)25(34)32-13-12-30(16-22(32)17-33)21-5-7-23(8-6-21)38(35,36)29-26-28-10-14-37-26/h4-10,14-15,18,22,33H,2-3,11-13,16-17H2,1H3,(H,28,29)/t18-,22-/m0/s1. The third kappa shape index (κ3) is 5.47. The molecule has 1 saturated heterocycles. The first-order valence-corrected chi connectivity index (χ1v) is 15.2. The molecule has 1 aromatic heterocycles. The Bertz CT molecular complexity index is 1390. The first-order valence-electron chi connectivity index (χ1n) is 12.5. The quantitative estimate of drug-likeness (QED) is 0.444. The van der Waals surface area contributed by atoms with E-state index < -0.39 is 10.0 Å². The molecule has 3 heterocycles. The highest BCUT2D eigenvalue weighted by Crippen LogP contribution is 2.32. The minimum Gasteiger partial charge on any atom is -0.394 e. The number of amides is 1. The summed E-state index contributed by atoms with van der Waals surface area (Å²) in [5.74, 6) is -0.0128. The lowest BCUT2D eigenvalue weighted by Crippen LogP contribution is -2.60. The van der Waals surface area contributed by atoms with Gasteiger partial charge in [-0.1, -0.05) is 11.6 Å². The van der Waals surface area contributed by atoms with Crippen molar-refractivity contribution in [1.29, 1.82) is 0 Å². The zero-order valence-electron chi connectivity index (χ0n) is 21.0. The maximum Gasteiger partial charge on any atom is 0.263 e. The largest absolute Gasteiger partial charge is 0.394 e. The molecule has 2 atom stereocenters. The van der Waals surface area contributed by atoms with Gasteiger partial charge < -0.3 is 19.8 Å². The predicted octanol–water partition coefficient (Wildman–Crippen LogP) is 3.45. The molecule has 1 fully saturated rings. The highest BCUT2D eigenvalue weighted by atomic mass is 35.5. The number of aliphatic hydroxyl groups excluding tert-OH is 1. The van der Waals surface area contributed by atoms with Gasteiger partial charge in [-0.05, 0) is 67.8 Å². The van der Waals surface area contributed by atoms with E-state index in [-0.39, 0.29) is 29.5 Å². The van der Waals surface area contributed by atoms with Gasteiger partial charge in [-0.15, -0.1) is 11.3 Å². The number of nitrogens with one attached hydrogen (secondary N) is 1. The Labute approximate surface area is 231 Å². The monoisotopic (exact) mass is 575 g/mol. The number of benzene rings is 2. The van der Waals surface area contributed by atoms with Gasteiger partial charge in [-0.2, -0.15) is 0 Å². The second kappa shape index (κ2) is 11.1. The van der Waals surface area contributed by atoms with Crippen molar-refractivity contribution < 1.29 is 18.3 Å². The van der Waals surface area contributed by atoms with Crippen LogP contribution in [0.3, 0.4) is 0 Å². The van der Waals surface area contributed by atoms with E-state index in [0.717, 1.165) is 36.3 Å². The summed E-state index contributed by atoms with van der Waals surface area (Å²) >= 11 is 7.40. The summed E-state index contributed by atoms with van der Waals surface area (Å²) in [6.45, 7) is 4.03. The molecule has 0 radical (unpaired) electrons. The molecule has 38 heavy (non-hydrogen) atoms. The number of piperazine rings is 1. The van der Waals surface area contributed by atoms with E-state index in [4.69, 9.17) is 11.6 Å². The molecule has 2 aliphatic heterocycles. The number of aryl methyl sites for hydroxylation is 1. The molecular formula is C26H30ClN5O4S2. The number of rotatable bonds is 7. The van der Waals surface area contributed by atoms with Gasteiger partial charge in [-0.3, -0.25) is 9.52 Å². The number of thiazole rings is 1. The van der Waals surface area contributed by atoms with Crippen molar-refractivity contribution in [2.75, 3.05) is 47.3 Å². The van der Waals surface area contributed by atoms with Gasteiger partial charge in [0.25, 0.3) is 10.0 Å². The Kier molecular flexibility index (Phi) is 7.80. The predicted molar refractivity (Wildman–Crippen MR) is 151 cm³/mol. The molecule has 0 saturated carbocycles. The summed E-state index contributed by atoms with van der Waals surface area (Å²) in [7, 11) is -3.74. The highest BCUT2D eigenvalue weighted by molar-refractivity contribution is 7.93. The van der Waals surface area contributed by atoms with Gasteiger partial charge in [0, 0.05) is 54.2 Å². The summed E-state index contributed by atoms with van der Waals surface area (Å²) in [4.78, 5) is 23.7. The molecule has 2 N–H and O–H groups in total. The van der Waals surface area contributed by atoms with E-state index in [1.807, 2.05) is 25.1 Å². The lowest BCUT2D eigenvalue weighted by Gasteiger charge is -2.44. The number of hydrogen-bond donors (Lipinski definition) is 2. The highest BCUT2D eigenvalue weighted by Gasteiger charge is 2.35. The third-order valence-corrected chi connectivity index (χ3v) is 9.57. The number of anilines is 3. The summed E-state index contributed by atoms with van der Waals surface area (Å²) in [5.41, 5.74) is 3.03. The van der Waals surface area contributed by atoms with E-state index in [9.17, 15) is 18.3 Å². The number of carbonyl (C=O) groups excluding carboxylic acids is 1. The fourth-order valence-corrected chi connectivity index (χ4v) is 7.17. The number of sulfonamides is 1. The first-order chi connectivity index (χ1) is 18.3. The normalized spacial score (nSPS) is 18.7. The van der Waals surface area contributed by atoms with Gasteiger partial charge >= 0.3 is 0 Å². The van der Waals surface area contributed by atoms with Gasteiger partial charge in [0.05, 0.1) is 17.5 Å². The van der Waals surface area contributed by atoms with Crippen molar-refractivity contribution in [2.24, 2.45) is 0 Å². The minimum atomic E-state index is -3.74. The fraction of sp³-hybridized carbons (Fsp3) is 0.385. The summed E-state index contributed by atoms with van der Waals surface area (Å²) in [5, 5.41) is 12.9. The molecule has 3 aromatic rings. The number of hydrogen-bond acceptors (Lipinski definition) is 8. The van der Waals surface area contributed by atoms with Gasteiger partial charge in [-0.25, -0.2) is 13.4 Å². The van der Waals surface area contributed by atoms with Crippen LogP contribution in [0.5, 0.6) is 0 Å². The van der Waals surface area contributed by atoms with Crippen molar-refractivity contribution in [2.45, 2.75) is 36.7 Å². The third-order valence-electron chi connectivity index (χ3n) is 7.16. The van der Waals surface area contributed by atoms with Gasteiger partial charge in [0.2, 0.25) is 5.91 Å². The van der Waals surface area contributed by atoms with Crippen LogP contribution in [-0.4, -0.2) is 74.2 Å². The summed E-state index contributed by atoms with van der Waals surface area (Å²) in [6, 6.07) is 11.7. The lowest BCUT2D eigenvalue weighted by molar-refractivity contribution is -0.136. The second-order valence-corrected chi connectivity index (χ2v) is 12.5. The second-order valence-electron chi connectivity index (χ2n) is 9.50. The molecule has 5 rings (SSSR count). The number of carbonyl (C=O) groups is 1. The minimum absolute atomic E-state index is 0.0128. The zero-order valence-corrected chi connectivity index (χ0v) is 23.3. The maximum absolute atomic E-state index is 13.6. The Morgan fingerprint density at radius 2 is 2.00 bits per heavy atom. The van der Waals surface area contributed by atoms with E-state index in [2.05, 4.69) is 19.5 Å². The SMILES string of the molecule is C[C@@H](C(=O)N1CCN(c2ccc(S(=O)(=O)Nc3nccs3)cc2)C[C@H]1CO)N1CCCc2cc(Cl)ccc21. The first kappa shape index (κ1) is 26.7. The zero-order chi connectivity index (χ0) is 26.9. The number of aromatic nitrogens is 1. The van der Waals surface area contributed by atoms with E-state index in [1.54, 1.807) is 34.5 Å². The number of aliphatic hydroxyl groups is 1. The smallest absolute Gasteiger partial charge is 0.263 e. The molecule has 0 aliphatic carbocycles. The Morgan fingerprint density at radius 3 is 2.71 bits per heavy atom. The Hall–Kier alpha value is -2.86. The van der Waals surface area contributed by atoms with Crippen molar-refractivity contribution in [3.8, 4) is 0 Å². The maximum atomic E-state index is 13.6. The van der Waals surface area contributed by atoms with Crippen LogP contribution in [0, 0.1) is 0 Å². The average molecular weight is 576 g/mol. The van der Waals surface area contributed by atoms with Gasteiger partial charge in [0.15, 0.2) is 5.13 Å². The molecule has 0 spiro atoms. The average Bonchev–Trinajstić information content (AvgIpc) is 3.43. The van der Waals surface area contributed by atoms with Crippen LogP contribution in [0.15, 0.2) is 58.9 Å². The van der Waals surface area contributed by atoms with Crippen LogP contribution in [0.1, 0.15) is 18.9 Å². The molecule has 9 nitrogen and oxygen atoms in total. The lowest BCUT2D eigenvalue weighted by atomic mass is 9.99. The van der Waals surface area contributed by atoms with Crippen molar-refractivity contribution in [3.05, 3.63) is 64.6 Å². The molecule has 2 aliphatic rings. The molecule has 12 heteroatoms. The van der Waals surface area contributed by atoms with E-state index in [1.165, 1.54) is 17.5 Å². The van der Waals surface area contributed by atoms with Gasteiger partial charge in [0.1, 0.15) is 6.04 Å². The summed E-state index contributed by atoms with van der Waals surface area (Å²) in [6.07, 6.45) is 3.43. The van der Waals surface area contributed by atoms with Crippen LogP contribution in [0.2, 0.25) is 5.02 Å². The van der Waals surface area contributed by atoms with E-state index in [0.29, 0.717) is 29.8 Å². The fourth-order valence-electron chi connectivity index (χ4n) is 5.19. The van der Waals surface area contributed by atoms with Crippen LogP contribution >= 0.6 is 22.9 Å². The molecule has 202 valence electrons. The van der Waals surface area contributed by atoms with Crippen molar-refractivity contribution >= 4 is 55.4 Å². The summed E-state index contributed by atoms with van der Waals surface area (Å²) < 4.78 is 27.8. The number of nitrogens with zero attached hydrogens (tertiary/aromatic N) is 4. The van der Waals surface area contributed by atoms with Crippen LogP contribution < -0.4 is 14.5 Å². The molecule has 0 unspecified atom stereocenters. The topological polar surface area (TPSA) is 106 Å². The molecule has 2 aromatic carbocycles. The molecular weight excluding hydrogens is 546 g/mol. The van der Waals surface area contributed by atoms with E-state index >= 15 is 0 Å². The van der Waals surface area contributed by atoms with Crippen LogP contribution in [0.25, 0.3) is 0 Å². The van der Waals surface area contributed by atoms with Crippen molar-refractivity contribution in [3.63, 3.8) is 0 Å². The van der Waals surface area contributed by atoms with Crippen molar-refractivity contribution in [1.82, 2.24) is 9.88 Å². The Morgan fingerprint density at radius 1 is 1.21 bits per heavy atom. The molecule has 1 amide bonds. The number of fused-ring (bicyclic) bond motifs is 1. The molecule has 0 bridgehead atoms. The van der Waals surface area contributed by atoms with Crippen LogP contribution in [-0.2, 0) is 21.2 Å². The van der Waals surface area contributed by atoms with Crippen LogP contribution in [0.4, 0.5) is 16.5 Å². The number of halogens is 1.